The zero-order valence-corrected chi connectivity index (χ0v) is 9.60. The van der Waals surface area contributed by atoms with Gasteiger partial charge in [-0.05, 0) is 47.7 Å². The second-order valence-corrected chi connectivity index (χ2v) is 3.66. The lowest BCUT2D eigenvalue weighted by atomic mass is 10.3. The van der Waals surface area contributed by atoms with Crippen LogP contribution < -0.4 is 5.32 Å². The molecular formula is C11H14FN5. The van der Waals surface area contributed by atoms with Crippen molar-refractivity contribution in [3.05, 3.63) is 35.9 Å². The number of nitrogens with zero attached hydrogens (tertiary/aromatic N) is 4. The van der Waals surface area contributed by atoms with Crippen LogP contribution in [0.5, 0.6) is 0 Å². The number of nitrogens with one attached hydrogen (secondary N) is 1. The molecule has 0 aliphatic rings. The Labute approximate surface area is 98.6 Å². The van der Waals surface area contributed by atoms with E-state index >= 15 is 0 Å². The van der Waals surface area contributed by atoms with E-state index in [1.54, 1.807) is 16.8 Å². The van der Waals surface area contributed by atoms with Crippen LogP contribution in [0, 0.1) is 5.82 Å². The summed E-state index contributed by atoms with van der Waals surface area (Å²) in [5.74, 6) is 0.442. The minimum atomic E-state index is -0.271. The fourth-order valence-corrected chi connectivity index (χ4v) is 1.48. The van der Waals surface area contributed by atoms with Crippen molar-refractivity contribution in [3.8, 4) is 5.69 Å². The fraction of sp³-hybridized carbons (Fsp3) is 0.364. The Bertz CT molecular complexity index is 465. The van der Waals surface area contributed by atoms with E-state index in [9.17, 15) is 4.39 Å². The van der Waals surface area contributed by atoms with Gasteiger partial charge in [-0.3, -0.25) is 0 Å². The lowest BCUT2D eigenvalue weighted by Gasteiger charge is -2.05. The first-order valence-corrected chi connectivity index (χ1v) is 5.55. The maximum atomic E-state index is 12.8. The summed E-state index contributed by atoms with van der Waals surface area (Å²) in [6, 6.07) is 6.07. The van der Waals surface area contributed by atoms with E-state index in [-0.39, 0.29) is 5.82 Å². The molecule has 1 aromatic heterocycles. The average molecular weight is 235 g/mol. The third-order valence-electron chi connectivity index (χ3n) is 2.32. The molecule has 2 rings (SSSR count). The van der Waals surface area contributed by atoms with Crippen LogP contribution in [-0.2, 0) is 6.54 Å². The smallest absolute Gasteiger partial charge is 0.170 e. The average Bonchev–Trinajstić information content (AvgIpc) is 2.79. The Balaban J connectivity index is 2.15. The van der Waals surface area contributed by atoms with Gasteiger partial charge in [0.2, 0.25) is 0 Å². The molecule has 0 radical (unpaired) electrons. The second-order valence-electron chi connectivity index (χ2n) is 3.66. The Hall–Kier alpha value is -1.82. The number of aromatic nitrogens is 4. The first-order chi connectivity index (χ1) is 8.31. The molecule has 0 aliphatic heterocycles. The monoisotopic (exact) mass is 235 g/mol. The first-order valence-electron chi connectivity index (χ1n) is 5.55. The van der Waals surface area contributed by atoms with Gasteiger partial charge in [0.25, 0.3) is 0 Å². The molecule has 0 fully saturated rings. The standard InChI is InChI=1S/C11H14FN5/c1-2-7-13-8-11-14-15-16-17(11)10-5-3-9(12)4-6-10/h3-6,13H,2,7-8H2,1H3. The summed E-state index contributed by atoms with van der Waals surface area (Å²) < 4.78 is 14.4. The highest BCUT2D eigenvalue weighted by Crippen LogP contribution is 2.08. The normalized spacial score (nSPS) is 10.7. The largest absolute Gasteiger partial charge is 0.310 e. The molecule has 17 heavy (non-hydrogen) atoms. The highest BCUT2D eigenvalue weighted by molar-refractivity contribution is 5.31. The lowest BCUT2D eigenvalue weighted by molar-refractivity contribution is 0.622. The van der Waals surface area contributed by atoms with E-state index in [1.807, 2.05) is 0 Å². The summed E-state index contributed by atoms with van der Waals surface area (Å²) in [4.78, 5) is 0. The minimum Gasteiger partial charge on any atom is -0.310 e. The van der Waals surface area contributed by atoms with Gasteiger partial charge in [-0.2, -0.15) is 4.68 Å². The van der Waals surface area contributed by atoms with Crippen LogP contribution in [0.1, 0.15) is 19.2 Å². The number of rotatable bonds is 5. The van der Waals surface area contributed by atoms with E-state index < -0.39 is 0 Å². The molecule has 0 amide bonds. The summed E-state index contributed by atoms with van der Waals surface area (Å²) in [6.45, 7) is 3.60. The molecule has 1 N–H and O–H groups in total. The van der Waals surface area contributed by atoms with Crippen LogP contribution in [0.3, 0.4) is 0 Å². The van der Waals surface area contributed by atoms with Crippen LogP contribution in [0.15, 0.2) is 24.3 Å². The van der Waals surface area contributed by atoms with Crippen LogP contribution in [0.25, 0.3) is 5.69 Å². The van der Waals surface area contributed by atoms with Gasteiger partial charge in [0.15, 0.2) is 5.82 Å². The molecule has 0 aliphatic carbocycles. The Morgan fingerprint density at radius 1 is 1.29 bits per heavy atom. The maximum Gasteiger partial charge on any atom is 0.170 e. The van der Waals surface area contributed by atoms with Crippen molar-refractivity contribution < 1.29 is 4.39 Å². The van der Waals surface area contributed by atoms with Crippen molar-refractivity contribution in [2.45, 2.75) is 19.9 Å². The maximum absolute atomic E-state index is 12.8. The summed E-state index contributed by atoms with van der Waals surface area (Å²) in [5.41, 5.74) is 0.754. The van der Waals surface area contributed by atoms with Crippen molar-refractivity contribution in [1.82, 2.24) is 25.5 Å². The van der Waals surface area contributed by atoms with Crippen LogP contribution in [0.4, 0.5) is 4.39 Å². The Morgan fingerprint density at radius 3 is 2.76 bits per heavy atom. The SMILES string of the molecule is CCCNCc1nnnn1-c1ccc(F)cc1. The molecule has 6 heteroatoms. The van der Waals surface area contributed by atoms with Gasteiger partial charge in [-0.1, -0.05) is 6.92 Å². The molecule has 0 saturated heterocycles. The topological polar surface area (TPSA) is 55.6 Å². The molecule has 2 aromatic rings. The van der Waals surface area contributed by atoms with Crippen molar-refractivity contribution in [2.75, 3.05) is 6.54 Å². The van der Waals surface area contributed by atoms with Crippen molar-refractivity contribution >= 4 is 0 Å². The van der Waals surface area contributed by atoms with E-state index in [0.717, 1.165) is 18.7 Å². The Morgan fingerprint density at radius 2 is 2.06 bits per heavy atom. The van der Waals surface area contributed by atoms with Crippen LogP contribution in [-0.4, -0.2) is 26.8 Å². The third kappa shape index (κ3) is 2.85. The van der Waals surface area contributed by atoms with Crippen molar-refractivity contribution in [1.29, 1.82) is 0 Å². The predicted molar refractivity (Wildman–Crippen MR) is 61.1 cm³/mol. The third-order valence-corrected chi connectivity index (χ3v) is 2.32. The van der Waals surface area contributed by atoms with E-state index in [0.29, 0.717) is 12.4 Å². The molecule has 1 heterocycles. The molecular weight excluding hydrogens is 221 g/mol. The van der Waals surface area contributed by atoms with E-state index in [4.69, 9.17) is 0 Å². The van der Waals surface area contributed by atoms with Gasteiger partial charge in [0.05, 0.1) is 12.2 Å². The zero-order valence-electron chi connectivity index (χ0n) is 9.60. The van der Waals surface area contributed by atoms with Crippen LogP contribution in [0.2, 0.25) is 0 Å². The molecule has 0 bridgehead atoms. The molecule has 90 valence electrons. The Kier molecular flexibility index (Phi) is 3.77. The van der Waals surface area contributed by atoms with Crippen molar-refractivity contribution in [2.24, 2.45) is 0 Å². The highest BCUT2D eigenvalue weighted by Gasteiger charge is 2.07. The number of hydrogen-bond acceptors (Lipinski definition) is 4. The van der Waals surface area contributed by atoms with E-state index in [2.05, 4.69) is 27.8 Å². The van der Waals surface area contributed by atoms with Gasteiger partial charge in [-0.15, -0.1) is 5.10 Å². The second kappa shape index (κ2) is 5.49. The van der Waals surface area contributed by atoms with E-state index in [1.165, 1.54) is 12.1 Å². The quantitative estimate of drug-likeness (QED) is 0.794. The van der Waals surface area contributed by atoms with Gasteiger partial charge < -0.3 is 5.32 Å². The predicted octanol–water partition coefficient (Wildman–Crippen LogP) is 1.30. The van der Waals surface area contributed by atoms with Crippen molar-refractivity contribution in [3.63, 3.8) is 0 Å². The molecule has 0 atom stereocenters. The zero-order chi connectivity index (χ0) is 12.1. The van der Waals surface area contributed by atoms with Gasteiger partial charge in [0, 0.05) is 0 Å². The van der Waals surface area contributed by atoms with Gasteiger partial charge >= 0.3 is 0 Å². The molecule has 0 spiro atoms. The summed E-state index contributed by atoms with van der Waals surface area (Å²) in [7, 11) is 0. The summed E-state index contributed by atoms with van der Waals surface area (Å²) in [5, 5.41) is 14.7. The van der Waals surface area contributed by atoms with Crippen LogP contribution >= 0.6 is 0 Å². The number of benzene rings is 1. The summed E-state index contributed by atoms with van der Waals surface area (Å²) in [6.07, 6.45) is 1.05. The number of halogens is 1. The number of hydrogen-bond donors (Lipinski definition) is 1. The molecule has 0 unspecified atom stereocenters. The number of tetrazole rings is 1. The minimum absolute atomic E-state index is 0.271. The molecule has 1 aromatic carbocycles. The highest BCUT2D eigenvalue weighted by atomic mass is 19.1. The van der Waals surface area contributed by atoms with Gasteiger partial charge in [-0.25, -0.2) is 4.39 Å². The lowest BCUT2D eigenvalue weighted by Crippen LogP contribution is -2.17. The van der Waals surface area contributed by atoms with Gasteiger partial charge in [0.1, 0.15) is 5.82 Å². The summed E-state index contributed by atoms with van der Waals surface area (Å²) >= 11 is 0. The molecule has 5 nitrogen and oxygen atoms in total. The fourth-order valence-electron chi connectivity index (χ4n) is 1.48. The first kappa shape index (κ1) is 11.7. The molecule has 0 saturated carbocycles.